The van der Waals surface area contributed by atoms with Gasteiger partial charge in [0.25, 0.3) is 0 Å². The summed E-state index contributed by atoms with van der Waals surface area (Å²) in [5, 5.41) is 21.9. The molecule has 6 nitrogen and oxygen atoms in total. The number of anilines is 1. The molecule has 2 aromatic rings. The quantitative estimate of drug-likeness (QED) is 0.839. The molecule has 0 spiro atoms. The van der Waals surface area contributed by atoms with Gasteiger partial charge in [-0.2, -0.15) is 10.4 Å². The van der Waals surface area contributed by atoms with Gasteiger partial charge in [-0.1, -0.05) is 19.0 Å². The number of hydrogen-bond acceptors (Lipinski definition) is 6. The molecule has 0 aliphatic heterocycles. The Kier molecular flexibility index (Phi) is 4.53. The van der Waals surface area contributed by atoms with Crippen LogP contribution in [0.5, 0.6) is 0 Å². The average Bonchev–Trinajstić information content (AvgIpc) is 2.90. The van der Waals surface area contributed by atoms with E-state index < -0.39 is 0 Å². The van der Waals surface area contributed by atoms with Gasteiger partial charge < -0.3 is 9.42 Å². The molecule has 0 saturated heterocycles. The van der Waals surface area contributed by atoms with Gasteiger partial charge in [0.15, 0.2) is 5.82 Å². The van der Waals surface area contributed by atoms with Gasteiger partial charge in [0.05, 0.1) is 12.2 Å². The van der Waals surface area contributed by atoms with Crippen molar-refractivity contribution in [2.45, 2.75) is 40.2 Å². The first-order valence-electron chi connectivity index (χ1n) is 7.02. The molecule has 6 heteroatoms. The summed E-state index contributed by atoms with van der Waals surface area (Å²) >= 11 is 0. The predicted molar refractivity (Wildman–Crippen MR) is 78.9 cm³/mol. The number of nitrogens with zero attached hydrogens (tertiary/aromatic N) is 5. The zero-order chi connectivity index (χ0) is 15.4. The van der Waals surface area contributed by atoms with Crippen molar-refractivity contribution in [1.82, 2.24) is 15.4 Å². The van der Waals surface area contributed by atoms with Gasteiger partial charge in [0.2, 0.25) is 0 Å². The maximum Gasteiger partial charge on any atom is 0.169 e. The highest BCUT2D eigenvalue weighted by molar-refractivity contribution is 5.57. The fourth-order valence-corrected chi connectivity index (χ4v) is 2.36. The molecule has 0 fully saturated rings. The first-order chi connectivity index (χ1) is 10.1. The zero-order valence-corrected chi connectivity index (χ0v) is 12.8. The van der Waals surface area contributed by atoms with E-state index in [1.807, 2.05) is 38.8 Å². The Balaban J connectivity index is 2.37. The molecule has 0 aromatic carbocycles. The fourth-order valence-electron chi connectivity index (χ4n) is 2.36. The normalized spacial score (nSPS) is 10.4. The first kappa shape index (κ1) is 15.0. The smallest absolute Gasteiger partial charge is 0.169 e. The molecule has 0 amide bonds. The molecular weight excluding hydrogens is 266 g/mol. The Morgan fingerprint density at radius 3 is 2.57 bits per heavy atom. The van der Waals surface area contributed by atoms with Crippen molar-refractivity contribution >= 4 is 5.82 Å². The highest BCUT2D eigenvalue weighted by atomic mass is 16.5. The van der Waals surface area contributed by atoms with Crippen molar-refractivity contribution in [3.05, 3.63) is 34.3 Å². The summed E-state index contributed by atoms with van der Waals surface area (Å²) in [4.78, 5) is 1.88. The molecule has 0 bridgehead atoms. The van der Waals surface area contributed by atoms with Gasteiger partial charge in [-0.25, -0.2) is 0 Å². The van der Waals surface area contributed by atoms with Crippen LogP contribution >= 0.6 is 0 Å². The molecule has 0 unspecified atom stereocenters. The highest BCUT2D eigenvalue weighted by Gasteiger charge is 2.18. The lowest BCUT2D eigenvalue weighted by atomic mass is 10.0. The topological polar surface area (TPSA) is 78.8 Å². The molecule has 0 saturated carbocycles. The van der Waals surface area contributed by atoms with Crippen LogP contribution in [0.4, 0.5) is 5.82 Å². The monoisotopic (exact) mass is 285 g/mol. The minimum atomic E-state index is 0.523. The summed E-state index contributed by atoms with van der Waals surface area (Å²) in [6.45, 7) is 6.42. The second-order valence-electron chi connectivity index (χ2n) is 4.93. The molecule has 110 valence electrons. The third-order valence-corrected chi connectivity index (χ3v) is 3.38. The van der Waals surface area contributed by atoms with Crippen molar-refractivity contribution in [2.24, 2.45) is 0 Å². The van der Waals surface area contributed by atoms with Crippen LogP contribution in [0.3, 0.4) is 0 Å². The van der Waals surface area contributed by atoms with Gasteiger partial charge in [-0.05, 0) is 25.3 Å². The van der Waals surface area contributed by atoms with Crippen LogP contribution in [-0.2, 0) is 19.4 Å². The minimum Gasteiger partial charge on any atom is -0.361 e. The fraction of sp³-hybridized carbons (Fsp3) is 0.467. The molecule has 21 heavy (non-hydrogen) atoms. The molecule has 0 atom stereocenters. The first-order valence-corrected chi connectivity index (χ1v) is 7.02. The lowest BCUT2D eigenvalue weighted by molar-refractivity contribution is 0.390. The van der Waals surface area contributed by atoms with E-state index in [0.29, 0.717) is 17.9 Å². The summed E-state index contributed by atoms with van der Waals surface area (Å²) in [5.74, 6) is 1.35. The van der Waals surface area contributed by atoms with Crippen LogP contribution in [-0.4, -0.2) is 22.4 Å². The van der Waals surface area contributed by atoms with Crippen molar-refractivity contribution in [3.63, 3.8) is 0 Å². The van der Waals surface area contributed by atoms with Crippen molar-refractivity contribution in [1.29, 1.82) is 5.26 Å². The van der Waals surface area contributed by atoms with Gasteiger partial charge in [-0.3, -0.25) is 0 Å². The maximum atomic E-state index is 9.49. The van der Waals surface area contributed by atoms with Gasteiger partial charge >= 0.3 is 0 Å². The van der Waals surface area contributed by atoms with Crippen LogP contribution in [0, 0.1) is 18.3 Å². The largest absolute Gasteiger partial charge is 0.361 e. The predicted octanol–water partition coefficient (Wildman–Crippen LogP) is 2.41. The number of nitriles is 1. The Bertz CT molecular complexity index is 671. The standard InChI is InChI=1S/C15H19N5O/c1-5-12-13(8-16)15(18-17-14(12)6-2)20(4)9-11-7-10(3)21-19-11/h7H,5-6,9H2,1-4H3. The molecule has 2 aromatic heterocycles. The Labute approximate surface area is 124 Å². The van der Waals surface area contributed by atoms with Crippen molar-refractivity contribution in [2.75, 3.05) is 11.9 Å². The summed E-state index contributed by atoms with van der Waals surface area (Å²) < 4.78 is 5.06. The van der Waals surface area contributed by atoms with E-state index >= 15 is 0 Å². The zero-order valence-electron chi connectivity index (χ0n) is 12.8. The molecule has 0 aliphatic carbocycles. The maximum absolute atomic E-state index is 9.49. The third kappa shape index (κ3) is 3.02. The minimum absolute atomic E-state index is 0.523. The van der Waals surface area contributed by atoms with E-state index in [-0.39, 0.29) is 0 Å². The lowest BCUT2D eigenvalue weighted by Crippen LogP contribution is -2.21. The molecule has 0 aliphatic rings. The van der Waals surface area contributed by atoms with E-state index in [4.69, 9.17) is 4.52 Å². The van der Waals surface area contributed by atoms with Gasteiger partial charge in [-0.15, -0.1) is 5.10 Å². The Morgan fingerprint density at radius 1 is 1.29 bits per heavy atom. The van der Waals surface area contributed by atoms with E-state index in [9.17, 15) is 5.26 Å². The van der Waals surface area contributed by atoms with Crippen LogP contribution in [0.2, 0.25) is 0 Å². The molecule has 2 rings (SSSR count). The van der Waals surface area contributed by atoms with Crippen LogP contribution in [0.25, 0.3) is 0 Å². The van der Waals surface area contributed by atoms with Crippen LogP contribution in [0.1, 0.15) is 42.1 Å². The van der Waals surface area contributed by atoms with Gasteiger partial charge in [0.1, 0.15) is 23.1 Å². The molecule has 0 N–H and O–H groups in total. The Morgan fingerprint density at radius 2 is 2.05 bits per heavy atom. The van der Waals surface area contributed by atoms with Crippen LogP contribution < -0.4 is 4.90 Å². The number of aromatic nitrogens is 3. The SMILES string of the molecule is CCc1nnc(N(C)Cc2cc(C)on2)c(C#N)c1CC. The highest BCUT2D eigenvalue weighted by Crippen LogP contribution is 2.23. The number of rotatable bonds is 5. The van der Waals surface area contributed by atoms with Crippen molar-refractivity contribution in [3.8, 4) is 6.07 Å². The molecule has 2 heterocycles. The van der Waals surface area contributed by atoms with E-state index in [0.717, 1.165) is 35.6 Å². The van der Waals surface area contributed by atoms with E-state index in [1.165, 1.54) is 0 Å². The van der Waals surface area contributed by atoms with Crippen molar-refractivity contribution < 1.29 is 4.52 Å². The van der Waals surface area contributed by atoms with E-state index in [1.54, 1.807) is 0 Å². The van der Waals surface area contributed by atoms with Gasteiger partial charge in [0, 0.05) is 13.1 Å². The lowest BCUT2D eigenvalue weighted by Gasteiger charge is -2.19. The summed E-state index contributed by atoms with van der Waals surface area (Å²) in [5.41, 5.74) is 3.28. The molecular formula is C15H19N5O. The number of hydrogen-bond donors (Lipinski definition) is 0. The second kappa shape index (κ2) is 6.35. The summed E-state index contributed by atoms with van der Waals surface area (Å²) in [6.07, 6.45) is 1.54. The number of aryl methyl sites for hydroxylation is 2. The molecule has 0 radical (unpaired) electrons. The summed E-state index contributed by atoms with van der Waals surface area (Å²) in [7, 11) is 1.87. The second-order valence-corrected chi connectivity index (χ2v) is 4.93. The van der Waals surface area contributed by atoms with Crippen LogP contribution in [0.15, 0.2) is 10.6 Å². The van der Waals surface area contributed by atoms with E-state index in [2.05, 4.69) is 21.4 Å². The Hall–Kier alpha value is -2.42. The average molecular weight is 285 g/mol. The third-order valence-electron chi connectivity index (χ3n) is 3.38. The summed E-state index contributed by atoms with van der Waals surface area (Å²) in [6, 6.07) is 4.15.